The van der Waals surface area contributed by atoms with Crippen LogP contribution in [0.3, 0.4) is 0 Å². The van der Waals surface area contributed by atoms with Crippen LogP contribution in [-0.4, -0.2) is 64.7 Å². The highest BCUT2D eigenvalue weighted by Gasteiger charge is 2.24. The van der Waals surface area contributed by atoms with Crippen LogP contribution in [0.5, 0.6) is 0 Å². The molecular weight excluding hydrogens is 453 g/mol. The van der Waals surface area contributed by atoms with E-state index in [0.29, 0.717) is 24.1 Å². The Morgan fingerprint density at radius 3 is 2.53 bits per heavy atom. The molecule has 180 valence electrons. The second kappa shape index (κ2) is 11.0. The van der Waals surface area contributed by atoms with Gasteiger partial charge in [0.25, 0.3) is 0 Å². The molecule has 0 bridgehead atoms. The maximum atomic E-state index is 13.3. The molecule has 34 heavy (non-hydrogen) atoms. The molecule has 0 N–H and O–H groups in total. The molecule has 1 fully saturated rings. The standard InChI is InChI=1S/C25H30FN5O2S/c1-29(2)21-12-6-18(7-13-21)15-31(16-22-5-4-14-33-22)23(32)17-34-25-28-27-24(30(25)3)19-8-10-20(26)11-9-19/h6-13,22H,4-5,14-17H2,1-3H3. The van der Waals surface area contributed by atoms with E-state index in [-0.39, 0.29) is 23.6 Å². The number of anilines is 1. The first-order valence-electron chi connectivity index (χ1n) is 11.3. The van der Waals surface area contributed by atoms with Gasteiger partial charge in [-0.1, -0.05) is 23.9 Å². The topological polar surface area (TPSA) is 63.5 Å². The number of benzene rings is 2. The van der Waals surface area contributed by atoms with Crippen molar-refractivity contribution in [2.45, 2.75) is 30.6 Å². The molecule has 4 rings (SSSR count). The van der Waals surface area contributed by atoms with Crippen molar-refractivity contribution in [3.8, 4) is 11.4 Å². The SMILES string of the molecule is CN(C)c1ccc(CN(CC2CCCO2)C(=O)CSc2nnc(-c3ccc(F)cc3)n2C)cc1. The van der Waals surface area contributed by atoms with E-state index in [9.17, 15) is 9.18 Å². The smallest absolute Gasteiger partial charge is 0.233 e. The van der Waals surface area contributed by atoms with Crippen molar-refractivity contribution in [2.75, 3.05) is 37.9 Å². The second-order valence-electron chi connectivity index (χ2n) is 8.63. The predicted molar refractivity (Wildman–Crippen MR) is 132 cm³/mol. The average Bonchev–Trinajstić information content (AvgIpc) is 3.47. The molecule has 2 aromatic carbocycles. The fraction of sp³-hybridized carbons (Fsp3) is 0.400. The number of hydrogen-bond donors (Lipinski definition) is 0. The first-order chi connectivity index (χ1) is 16.4. The number of ether oxygens (including phenoxy) is 1. The molecule has 0 radical (unpaired) electrons. The zero-order chi connectivity index (χ0) is 24.1. The molecule has 0 spiro atoms. The van der Waals surface area contributed by atoms with Crippen molar-refractivity contribution in [1.82, 2.24) is 19.7 Å². The summed E-state index contributed by atoms with van der Waals surface area (Å²) >= 11 is 1.35. The van der Waals surface area contributed by atoms with Crippen LogP contribution in [0.15, 0.2) is 53.7 Å². The zero-order valence-corrected chi connectivity index (χ0v) is 20.6. The van der Waals surface area contributed by atoms with Gasteiger partial charge in [-0.15, -0.1) is 10.2 Å². The van der Waals surface area contributed by atoms with Crippen LogP contribution in [0.2, 0.25) is 0 Å². The zero-order valence-electron chi connectivity index (χ0n) is 19.8. The van der Waals surface area contributed by atoms with E-state index in [1.165, 1.54) is 23.9 Å². The Labute approximate surface area is 203 Å². The first kappa shape index (κ1) is 24.2. The quantitative estimate of drug-likeness (QED) is 0.429. The Hall–Kier alpha value is -2.91. The number of carbonyl (C=O) groups excluding carboxylic acids is 1. The fourth-order valence-corrected chi connectivity index (χ4v) is 4.73. The second-order valence-corrected chi connectivity index (χ2v) is 9.57. The highest BCUT2D eigenvalue weighted by atomic mass is 32.2. The summed E-state index contributed by atoms with van der Waals surface area (Å²) in [6.07, 6.45) is 2.08. The van der Waals surface area contributed by atoms with Gasteiger partial charge in [-0.25, -0.2) is 4.39 Å². The molecule has 1 atom stereocenters. The molecule has 1 saturated heterocycles. The lowest BCUT2D eigenvalue weighted by Crippen LogP contribution is -2.38. The summed E-state index contributed by atoms with van der Waals surface area (Å²) in [5.74, 6) is 0.613. The van der Waals surface area contributed by atoms with Gasteiger partial charge < -0.3 is 19.1 Å². The molecule has 1 amide bonds. The normalized spacial score (nSPS) is 15.5. The van der Waals surface area contributed by atoms with Gasteiger partial charge in [0.2, 0.25) is 5.91 Å². The first-order valence-corrected chi connectivity index (χ1v) is 12.3. The number of aromatic nitrogens is 3. The molecule has 1 unspecified atom stereocenters. The maximum Gasteiger partial charge on any atom is 0.233 e. The highest BCUT2D eigenvalue weighted by molar-refractivity contribution is 7.99. The highest BCUT2D eigenvalue weighted by Crippen LogP contribution is 2.24. The molecule has 7 nitrogen and oxygen atoms in total. The molecule has 0 saturated carbocycles. The Bertz CT molecular complexity index is 1100. The Balaban J connectivity index is 1.43. The number of carbonyl (C=O) groups is 1. The summed E-state index contributed by atoms with van der Waals surface area (Å²) < 4.78 is 20.9. The lowest BCUT2D eigenvalue weighted by atomic mass is 10.1. The minimum absolute atomic E-state index is 0.0310. The van der Waals surface area contributed by atoms with Crippen molar-refractivity contribution in [3.05, 3.63) is 59.9 Å². The van der Waals surface area contributed by atoms with Crippen LogP contribution in [0.1, 0.15) is 18.4 Å². The van der Waals surface area contributed by atoms with E-state index in [2.05, 4.69) is 39.4 Å². The van der Waals surface area contributed by atoms with Crippen molar-refractivity contribution in [3.63, 3.8) is 0 Å². The third-order valence-electron chi connectivity index (χ3n) is 5.89. The number of hydrogen-bond acceptors (Lipinski definition) is 6. The van der Waals surface area contributed by atoms with Crippen LogP contribution in [0, 0.1) is 5.82 Å². The molecule has 1 aliphatic rings. The third kappa shape index (κ3) is 5.95. The molecule has 0 aliphatic carbocycles. The number of rotatable bonds is 9. The summed E-state index contributed by atoms with van der Waals surface area (Å²) in [5.41, 5.74) is 2.98. The van der Waals surface area contributed by atoms with Gasteiger partial charge in [0.05, 0.1) is 11.9 Å². The van der Waals surface area contributed by atoms with Crippen molar-refractivity contribution in [2.24, 2.45) is 7.05 Å². The van der Waals surface area contributed by atoms with Gasteiger partial charge in [0.15, 0.2) is 11.0 Å². The summed E-state index contributed by atoms with van der Waals surface area (Å²) in [6, 6.07) is 14.4. The molecule has 9 heteroatoms. The van der Waals surface area contributed by atoms with Crippen molar-refractivity contribution < 1.29 is 13.9 Å². The minimum Gasteiger partial charge on any atom is -0.378 e. The van der Waals surface area contributed by atoms with E-state index in [4.69, 9.17) is 4.74 Å². The third-order valence-corrected chi connectivity index (χ3v) is 6.89. The Kier molecular flexibility index (Phi) is 7.84. The van der Waals surface area contributed by atoms with E-state index in [0.717, 1.165) is 36.3 Å². The van der Waals surface area contributed by atoms with Crippen LogP contribution in [0.25, 0.3) is 11.4 Å². The van der Waals surface area contributed by atoms with Gasteiger partial charge in [-0.3, -0.25) is 4.79 Å². The van der Waals surface area contributed by atoms with Crippen LogP contribution < -0.4 is 4.90 Å². The molecule has 2 heterocycles. The van der Waals surface area contributed by atoms with Crippen LogP contribution in [-0.2, 0) is 23.1 Å². The monoisotopic (exact) mass is 483 g/mol. The van der Waals surface area contributed by atoms with Crippen LogP contribution >= 0.6 is 11.8 Å². The lowest BCUT2D eigenvalue weighted by Gasteiger charge is -2.26. The van der Waals surface area contributed by atoms with Crippen molar-refractivity contribution in [1.29, 1.82) is 0 Å². The van der Waals surface area contributed by atoms with Gasteiger partial charge >= 0.3 is 0 Å². The number of amides is 1. The summed E-state index contributed by atoms with van der Waals surface area (Å²) in [6.45, 7) is 1.87. The van der Waals surface area contributed by atoms with E-state index < -0.39 is 0 Å². The summed E-state index contributed by atoms with van der Waals surface area (Å²) in [7, 11) is 5.86. The van der Waals surface area contributed by atoms with Crippen LogP contribution in [0.4, 0.5) is 10.1 Å². The van der Waals surface area contributed by atoms with E-state index in [1.54, 1.807) is 12.1 Å². The summed E-state index contributed by atoms with van der Waals surface area (Å²) in [4.78, 5) is 17.2. The Morgan fingerprint density at radius 1 is 1.15 bits per heavy atom. The lowest BCUT2D eigenvalue weighted by molar-refractivity contribution is -0.130. The Morgan fingerprint density at radius 2 is 1.88 bits per heavy atom. The largest absolute Gasteiger partial charge is 0.378 e. The molecule has 3 aromatic rings. The van der Waals surface area contributed by atoms with Gasteiger partial charge in [-0.2, -0.15) is 0 Å². The van der Waals surface area contributed by atoms with Gasteiger partial charge in [-0.05, 0) is 54.8 Å². The van der Waals surface area contributed by atoms with E-state index in [1.807, 2.05) is 30.6 Å². The van der Waals surface area contributed by atoms with Gasteiger partial charge in [0, 0.05) is 52.1 Å². The predicted octanol–water partition coefficient (Wildman–Crippen LogP) is 3.99. The average molecular weight is 484 g/mol. The number of thioether (sulfide) groups is 1. The minimum atomic E-state index is -0.297. The van der Waals surface area contributed by atoms with E-state index >= 15 is 0 Å². The number of halogens is 1. The molecule has 1 aromatic heterocycles. The maximum absolute atomic E-state index is 13.3. The summed E-state index contributed by atoms with van der Waals surface area (Å²) in [5, 5.41) is 9.11. The van der Waals surface area contributed by atoms with Gasteiger partial charge in [0.1, 0.15) is 5.82 Å². The fourth-order valence-electron chi connectivity index (χ4n) is 3.92. The molecular formula is C25H30FN5O2S. The van der Waals surface area contributed by atoms with Crippen molar-refractivity contribution >= 4 is 23.4 Å². The number of nitrogens with zero attached hydrogens (tertiary/aromatic N) is 5. The molecule has 1 aliphatic heterocycles.